The zero-order chi connectivity index (χ0) is 17.0. The van der Waals surface area contributed by atoms with Gasteiger partial charge in [0.05, 0.1) is 16.9 Å². The van der Waals surface area contributed by atoms with Gasteiger partial charge in [0.2, 0.25) is 10.0 Å². The number of sulfonamides is 1. The molecule has 8 heteroatoms. The van der Waals surface area contributed by atoms with Gasteiger partial charge in [0, 0.05) is 25.7 Å². The van der Waals surface area contributed by atoms with E-state index in [-0.39, 0.29) is 17.1 Å². The Morgan fingerprint density at radius 3 is 2.52 bits per heavy atom. The minimum Gasteiger partial charge on any atom is -0.497 e. The van der Waals surface area contributed by atoms with Crippen LogP contribution >= 0.6 is 0 Å². The molecule has 0 aliphatic carbocycles. The monoisotopic (exact) mass is 336 g/mol. The van der Waals surface area contributed by atoms with Gasteiger partial charge in [0.25, 0.3) is 5.69 Å². The summed E-state index contributed by atoms with van der Waals surface area (Å²) in [5.74, 6) is 0.628. The minimum atomic E-state index is -3.82. The first-order valence-corrected chi connectivity index (χ1v) is 8.12. The van der Waals surface area contributed by atoms with E-state index < -0.39 is 14.9 Å². The van der Waals surface area contributed by atoms with Crippen molar-refractivity contribution in [3.05, 3.63) is 64.2 Å². The molecule has 0 amide bonds. The molecule has 2 aromatic carbocycles. The number of ether oxygens (including phenoxy) is 1. The third-order valence-corrected chi connectivity index (χ3v) is 5.08. The average molecular weight is 336 g/mol. The molecule has 122 valence electrons. The summed E-state index contributed by atoms with van der Waals surface area (Å²) in [7, 11) is -0.870. The van der Waals surface area contributed by atoms with Gasteiger partial charge in [-0.25, -0.2) is 8.42 Å². The second-order valence-electron chi connectivity index (χ2n) is 4.87. The molecule has 0 aromatic heterocycles. The number of rotatable bonds is 6. The molecular weight excluding hydrogens is 320 g/mol. The lowest BCUT2D eigenvalue weighted by Gasteiger charge is -2.17. The lowest BCUT2D eigenvalue weighted by Crippen LogP contribution is -2.26. The zero-order valence-corrected chi connectivity index (χ0v) is 13.5. The summed E-state index contributed by atoms with van der Waals surface area (Å²) in [5, 5.41) is 10.8. The van der Waals surface area contributed by atoms with Crippen LogP contribution in [0.1, 0.15) is 5.56 Å². The van der Waals surface area contributed by atoms with Crippen molar-refractivity contribution in [2.75, 3.05) is 14.2 Å². The van der Waals surface area contributed by atoms with Gasteiger partial charge >= 0.3 is 0 Å². The number of methoxy groups -OCH3 is 1. The van der Waals surface area contributed by atoms with Gasteiger partial charge in [0.15, 0.2) is 0 Å². The van der Waals surface area contributed by atoms with E-state index in [9.17, 15) is 18.5 Å². The highest BCUT2D eigenvalue weighted by atomic mass is 32.2. The second kappa shape index (κ2) is 6.76. The number of hydrogen-bond acceptors (Lipinski definition) is 5. The molecule has 0 radical (unpaired) electrons. The molecule has 0 spiro atoms. The maximum atomic E-state index is 12.5. The van der Waals surface area contributed by atoms with Crippen molar-refractivity contribution in [3.63, 3.8) is 0 Å². The van der Waals surface area contributed by atoms with E-state index >= 15 is 0 Å². The van der Waals surface area contributed by atoms with E-state index in [1.807, 2.05) is 0 Å². The normalized spacial score (nSPS) is 11.4. The summed E-state index contributed by atoms with van der Waals surface area (Å²) in [6, 6.07) is 12.0. The Kier molecular flexibility index (Phi) is 4.97. The van der Waals surface area contributed by atoms with Crippen LogP contribution in [-0.4, -0.2) is 31.8 Å². The van der Waals surface area contributed by atoms with Crippen molar-refractivity contribution < 1.29 is 18.1 Å². The molecule has 0 aliphatic heterocycles. The van der Waals surface area contributed by atoms with Gasteiger partial charge in [-0.1, -0.05) is 18.2 Å². The predicted octanol–water partition coefficient (Wildman–Crippen LogP) is 2.42. The van der Waals surface area contributed by atoms with E-state index in [0.717, 1.165) is 15.9 Å². The number of nitro groups is 1. The van der Waals surface area contributed by atoms with Crippen LogP contribution in [0.15, 0.2) is 53.4 Å². The Balaban J connectivity index is 2.28. The van der Waals surface area contributed by atoms with Crippen LogP contribution in [-0.2, 0) is 16.6 Å². The predicted molar refractivity (Wildman–Crippen MR) is 84.7 cm³/mol. The SMILES string of the molecule is COc1cccc(CN(C)S(=O)(=O)c2cccc([N+](=O)[O-])c2)c1. The third kappa shape index (κ3) is 3.85. The fraction of sp³-hybridized carbons (Fsp3) is 0.200. The Hall–Kier alpha value is -2.45. The summed E-state index contributed by atoms with van der Waals surface area (Å²) in [4.78, 5) is 10.1. The topological polar surface area (TPSA) is 89.8 Å². The van der Waals surface area contributed by atoms with Crippen molar-refractivity contribution >= 4 is 15.7 Å². The molecule has 0 saturated carbocycles. The van der Waals surface area contributed by atoms with E-state index in [0.29, 0.717) is 5.75 Å². The average Bonchev–Trinajstić information content (AvgIpc) is 2.55. The van der Waals surface area contributed by atoms with E-state index in [1.165, 1.54) is 32.4 Å². The van der Waals surface area contributed by atoms with Gasteiger partial charge in [-0.15, -0.1) is 0 Å². The van der Waals surface area contributed by atoms with E-state index in [4.69, 9.17) is 4.74 Å². The van der Waals surface area contributed by atoms with Gasteiger partial charge in [0.1, 0.15) is 5.75 Å². The number of nitro benzene ring substituents is 1. The first-order valence-electron chi connectivity index (χ1n) is 6.68. The molecule has 7 nitrogen and oxygen atoms in total. The number of benzene rings is 2. The van der Waals surface area contributed by atoms with E-state index in [2.05, 4.69) is 0 Å². The zero-order valence-electron chi connectivity index (χ0n) is 12.7. The fourth-order valence-electron chi connectivity index (χ4n) is 2.05. The molecule has 2 aromatic rings. The van der Waals surface area contributed by atoms with Crippen LogP contribution < -0.4 is 4.74 Å². The Morgan fingerprint density at radius 1 is 1.17 bits per heavy atom. The molecule has 0 bridgehead atoms. The molecule has 0 heterocycles. The molecule has 0 atom stereocenters. The summed E-state index contributed by atoms with van der Waals surface area (Å²) in [5.41, 5.74) is 0.488. The molecule has 2 rings (SSSR count). The Bertz CT molecular complexity index is 820. The molecule has 0 aliphatic rings. The molecule has 23 heavy (non-hydrogen) atoms. The van der Waals surface area contributed by atoms with Crippen molar-refractivity contribution in [1.29, 1.82) is 0 Å². The van der Waals surface area contributed by atoms with Crippen molar-refractivity contribution in [2.24, 2.45) is 0 Å². The number of non-ortho nitro benzene ring substituents is 1. The molecule has 0 unspecified atom stereocenters. The standard InChI is InChI=1S/C15H16N2O5S/c1-16(11-12-5-3-7-14(9-12)22-2)23(20,21)15-8-4-6-13(10-15)17(18)19/h3-10H,11H2,1-2H3. The van der Waals surface area contributed by atoms with Crippen molar-refractivity contribution in [1.82, 2.24) is 4.31 Å². The summed E-state index contributed by atoms with van der Waals surface area (Å²) >= 11 is 0. The Morgan fingerprint density at radius 2 is 1.87 bits per heavy atom. The van der Waals surface area contributed by atoms with Crippen LogP contribution in [0.4, 0.5) is 5.69 Å². The van der Waals surface area contributed by atoms with Gasteiger partial charge in [-0.05, 0) is 23.8 Å². The number of nitrogens with zero attached hydrogens (tertiary/aromatic N) is 2. The summed E-state index contributed by atoms with van der Waals surface area (Å²) in [6.45, 7) is 0.127. The lowest BCUT2D eigenvalue weighted by molar-refractivity contribution is -0.385. The first kappa shape index (κ1) is 16.9. The maximum absolute atomic E-state index is 12.5. The second-order valence-corrected chi connectivity index (χ2v) is 6.91. The Labute approximate surface area is 134 Å². The highest BCUT2D eigenvalue weighted by Crippen LogP contribution is 2.22. The van der Waals surface area contributed by atoms with Crippen molar-refractivity contribution in [3.8, 4) is 5.75 Å². The fourth-order valence-corrected chi connectivity index (χ4v) is 3.25. The molecule has 0 N–H and O–H groups in total. The van der Waals surface area contributed by atoms with Crippen LogP contribution in [0.3, 0.4) is 0 Å². The van der Waals surface area contributed by atoms with Gasteiger partial charge in [-0.3, -0.25) is 10.1 Å². The highest BCUT2D eigenvalue weighted by molar-refractivity contribution is 7.89. The summed E-state index contributed by atoms with van der Waals surface area (Å²) in [6.07, 6.45) is 0. The third-order valence-electron chi connectivity index (χ3n) is 3.28. The first-order chi connectivity index (χ1) is 10.8. The number of hydrogen-bond donors (Lipinski definition) is 0. The summed E-state index contributed by atoms with van der Waals surface area (Å²) < 4.78 is 31.3. The van der Waals surface area contributed by atoms with Crippen LogP contribution in [0.5, 0.6) is 5.75 Å². The van der Waals surface area contributed by atoms with Crippen LogP contribution in [0, 0.1) is 10.1 Å². The highest BCUT2D eigenvalue weighted by Gasteiger charge is 2.23. The lowest BCUT2D eigenvalue weighted by atomic mass is 10.2. The molecular formula is C15H16N2O5S. The van der Waals surface area contributed by atoms with Crippen LogP contribution in [0.2, 0.25) is 0 Å². The maximum Gasteiger partial charge on any atom is 0.270 e. The quantitative estimate of drug-likeness (QED) is 0.597. The molecule has 0 fully saturated rings. The van der Waals surface area contributed by atoms with Crippen LogP contribution in [0.25, 0.3) is 0 Å². The minimum absolute atomic E-state index is 0.114. The molecule has 0 saturated heterocycles. The largest absolute Gasteiger partial charge is 0.497 e. The van der Waals surface area contributed by atoms with Gasteiger partial charge < -0.3 is 4.74 Å². The van der Waals surface area contributed by atoms with Gasteiger partial charge in [-0.2, -0.15) is 4.31 Å². The smallest absolute Gasteiger partial charge is 0.270 e. The van der Waals surface area contributed by atoms with E-state index in [1.54, 1.807) is 24.3 Å². The van der Waals surface area contributed by atoms with Crippen molar-refractivity contribution in [2.45, 2.75) is 11.4 Å².